The quantitative estimate of drug-likeness (QED) is 0.109. The van der Waals surface area contributed by atoms with Crippen LogP contribution in [-0.4, -0.2) is 119 Å². The highest BCUT2D eigenvalue weighted by Gasteiger charge is 2.53. The Labute approximate surface area is 348 Å². The first-order valence-electron chi connectivity index (χ1n) is 19.7. The minimum absolute atomic E-state index is 0.0168. The van der Waals surface area contributed by atoms with Crippen LogP contribution in [-0.2, 0) is 30.1 Å². The molecule has 2 atom stereocenters. The van der Waals surface area contributed by atoms with E-state index in [2.05, 4.69) is 16.0 Å². The average molecular weight is 865 g/mol. The normalized spacial score (nSPS) is 24.3. The van der Waals surface area contributed by atoms with E-state index in [0.717, 1.165) is 21.9 Å². The number of nitriles is 1. The number of piperidine rings is 1. The molecule has 60 heavy (non-hydrogen) atoms. The molecule has 0 bridgehead atoms. The van der Waals surface area contributed by atoms with E-state index in [0.29, 0.717) is 69.6 Å². The van der Waals surface area contributed by atoms with E-state index >= 15 is 0 Å². The number of halogens is 6. The minimum Gasteiger partial charge on any atom is -0.378 e. The molecular weight excluding hydrogens is 819 g/mol. The molecule has 1 unspecified atom stereocenters. The molecule has 20 heteroatoms. The van der Waals surface area contributed by atoms with Gasteiger partial charge in [0, 0.05) is 56.6 Å². The second-order valence-corrected chi connectivity index (χ2v) is 16.3. The van der Waals surface area contributed by atoms with Gasteiger partial charge in [0.2, 0.25) is 17.7 Å². The Morgan fingerprint density at radius 1 is 1.00 bits per heavy atom. The number of alkyl halides is 6. The molecule has 2 aromatic rings. The van der Waals surface area contributed by atoms with Crippen LogP contribution in [0.3, 0.4) is 0 Å². The Morgan fingerprint density at radius 3 is 2.38 bits per heavy atom. The van der Waals surface area contributed by atoms with E-state index in [-0.39, 0.29) is 48.4 Å². The Bertz CT molecular complexity index is 2020. The maximum absolute atomic E-state index is 14.3. The number of rotatable bonds is 12. The number of carbonyl (C=O) groups is 4. The van der Waals surface area contributed by atoms with Crippen molar-refractivity contribution in [3.63, 3.8) is 0 Å². The van der Waals surface area contributed by atoms with Crippen molar-refractivity contribution in [2.45, 2.75) is 101 Å². The van der Waals surface area contributed by atoms with Crippen LogP contribution in [0.15, 0.2) is 42.5 Å². The zero-order chi connectivity index (χ0) is 43.6. The zero-order valence-electron chi connectivity index (χ0n) is 33.0. The third-order valence-corrected chi connectivity index (χ3v) is 11.8. The Hall–Kier alpha value is -4.84. The van der Waals surface area contributed by atoms with Crippen LogP contribution in [0.1, 0.15) is 69.9 Å². The van der Waals surface area contributed by atoms with Crippen LogP contribution in [0.25, 0.3) is 0 Å². The van der Waals surface area contributed by atoms with E-state index < -0.39 is 65.4 Å². The number of ether oxygens (including phenoxy) is 1. The summed E-state index contributed by atoms with van der Waals surface area (Å²) in [5.41, 5.74) is -2.10. The molecule has 4 aliphatic rings. The lowest BCUT2D eigenvalue weighted by molar-refractivity contribution is -0.197. The lowest BCUT2D eigenvalue weighted by Crippen LogP contribution is -2.60. The number of thiocarbonyl (C=S) groups is 1. The molecule has 4 fully saturated rings. The Balaban J connectivity index is 0.946. The van der Waals surface area contributed by atoms with Gasteiger partial charge in [0.15, 0.2) is 5.11 Å². The van der Waals surface area contributed by atoms with Gasteiger partial charge in [0.25, 0.3) is 5.91 Å². The largest absolute Gasteiger partial charge is 0.417 e. The number of carbonyl (C=O) groups excluding carboxylic acids is 4. The van der Waals surface area contributed by atoms with Crippen LogP contribution in [0.2, 0.25) is 0 Å². The van der Waals surface area contributed by atoms with Gasteiger partial charge < -0.3 is 25.2 Å². The van der Waals surface area contributed by atoms with E-state index in [4.69, 9.17) is 17.0 Å². The van der Waals surface area contributed by atoms with Gasteiger partial charge in [-0.15, -0.1) is 0 Å². The zero-order valence-corrected chi connectivity index (χ0v) is 33.8. The summed E-state index contributed by atoms with van der Waals surface area (Å²) in [6.07, 6.45) is -6.17. The summed E-state index contributed by atoms with van der Waals surface area (Å²) in [6.45, 7) is 3.55. The first kappa shape index (κ1) is 44.7. The first-order valence-corrected chi connectivity index (χ1v) is 20.1. The van der Waals surface area contributed by atoms with Crippen LogP contribution >= 0.6 is 12.2 Å². The summed E-state index contributed by atoms with van der Waals surface area (Å²) in [6, 6.07) is 8.37. The maximum atomic E-state index is 14.3. The molecule has 324 valence electrons. The Morgan fingerprint density at radius 2 is 1.72 bits per heavy atom. The van der Waals surface area contributed by atoms with Crippen LogP contribution < -0.4 is 20.9 Å². The van der Waals surface area contributed by atoms with Gasteiger partial charge in [-0.3, -0.25) is 34.3 Å². The molecule has 1 aliphatic carbocycles. The maximum Gasteiger partial charge on any atom is 0.417 e. The van der Waals surface area contributed by atoms with Gasteiger partial charge in [-0.1, -0.05) is 6.07 Å². The fraction of sp³-hybridized carbons (Fsp3) is 0.550. The highest BCUT2D eigenvalue weighted by Crippen LogP contribution is 2.41. The number of imide groups is 1. The van der Waals surface area contributed by atoms with Crippen molar-refractivity contribution < 1.29 is 50.3 Å². The highest BCUT2D eigenvalue weighted by molar-refractivity contribution is 7.80. The molecule has 2 aromatic carbocycles. The second-order valence-electron chi connectivity index (χ2n) is 16.0. The van der Waals surface area contributed by atoms with E-state index in [1.807, 2.05) is 0 Å². The predicted octanol–water partition coefficient (Wildman–Crippen LogP) is 5.41. The fourth-order valence-corrected chi connectivity index (χ4v) is 8.91. The van der Waals surface area contributed by atoms with Crippen LogP contribution in [0.4, 0.5) is 43.4 Å². The lowest BCUT2D eigenvalue weighted by atomic mass is 9.89. The van der Waals surface area contributed by atoms with E-state index in [1.54, 1.807) is 47.9 Å². The van der Waals surface area contributed by atoms with Gasteiger partial charge in [0.05, 0.1) is 35.5 Å². The summed E-state index contributed by atoms with van der Waals surface area (Å²) in [4.78, 5) is 55.8. The molecule has 1 saturated carbocycles. The smallest absolute Gasteiger partial charge is 0.378 e. The summed E-state index contributed by atoms with van der Waals surface area (Å²) in [5.74, 6) is -1.92. The fourth-order valence-electron chi connectivity index (χ4n) is 8.35. The van der Waals surface area contributed by atoms with Crippen molar-refractivity contribution in [3.8, 4) is 6.07 Å². The molecule has 3 saturated heterocycles. The van der Waals surface area contributed by atoms with Gasteiger partial charge >= 0.3 is 12.4 Å². The summed E-state index contributed by atoms with van der Waals surface area (Å²) < 4.78 is 90.1. The molecule has 3 aliphatic heterocycles. The highest BCUT2D eigenvalue weighted by atomic mass is 32.1. The van der Waals surface area contributed by atoms with Crippen molar-refractivity contribution >= 4 is 58.0 Å². The number of nitrogens with one attached hydrogen (secondary N) is 3. The molecule has 0 radical (unpaired) electrons. The molecule has 0 spiro atoms. The molecule has 4 amide bonds. The Kier molecular flexibility index (Phi) is 13.4. The van der Waals surface area contributed by atoms with Crippen molar-refractivity contribution in [1.29, 1.82) is 5.26 Å². The number of hydrogen-bond donors (Lipinski definition) is 3. The second kappa shape index (κ2) is 18.0. The standard InChI is InChI=1S/C40H46F6N8O5S/c1-38(2)36(58)53(28-8-7-24(21-47)30(20-28)39(41,42)43)37(60)54(38)27-9-11-29(12-10-27)59-18-4-15-51-16-17-52(32(22-51)40(44,45)46)23-34(56)49-26-6-3-5-25(19-26)48-31-13-14-33(55)50-35(31)57/h3,5-8,19-20,27,29,31-32,48H,4,9-18,22-23H2,1-2H3,(H,49,56)(H,50,55,57)/t27?,29?,31?,32-/m1/s1. The number of amides is 4. The summed E-state index contributed by atoms with van der Waals surface area (Å²) >= 11 is 5.68. The first-order chi connectivity index (χ1) is 28.3. The molecule has 13 nitrogen and oxygen atoms in total. The number of nitrogens with zero attached hydrogens (tertiary/aromatic N) is 5. The molecule has 3 heterocycles. The molecule has 0 aromatic heterocycles. The average Bonchev–Trinajstić information content (AvgIpc) is 3.36. The lowest BCUT2D eigenvalue weighted by Gasteiger charge is -2.42. The summed E-state index contributed by atoms with van der Waals surface area (Å²) in [5, 5.41) is 17.2. The third-order valence-electron chi connectivity index (χ3n) is 11.4. The van der Waals surface area contributed by atoms with E-state index in [1.165, 1.54) is 12.1 Å². The number of hydrogen-bond acceptors (Lipinski definition) is 10. The number of benzene rings is 2. The molecular formula is C40H46F6N8O5S. The van der Waals surface area contributed by atoms with Gasteiger partial charge in [-0.25, -0.2) is 0 Å². The predicted molar refractivity (Wildman–Crippen MR) is 211 cm³/mol. The van der Waals surface area contributed by atoms with Crippen LogP contribution in [0.5, 0.6) is 0 Å². The molecule has 3 N–H and O–H groups in total. The topological polar surface area (TPSA) is 150 Å². The van der Waals surface area contributed by atoms with Gasteiger partial charge in [-0.05, 0) is 101 Å². The van der Waals surface area contributed by atoms with Crippen molar-refractivity contribution in [2.24, 2.45) is 0 Å². The van der Waals surface area contributed by atoms with E-state index in [9.17, 15) is 50.8 Å². The monoisotopic (exact) mass is 864 g/mol. The van der Waals surface area contributed by atoms with Gasteiger partial charge in [-0.2, -0.15) is 31.6 Å². The SMILES string of the molecule is CC1(C)C(=O)N(c2ccc(C#N)c(C(F)(F)F)c2)C(=S)N1C1CCC(OCCCN2CCN(CC(=O)Nc3cccc(NC4CCC(=O)NC4=O)c3)[C@@H](C(F)(F)F)C2)CC1. The number of anilines is 3. The molecule has 6 rings (SSSR count). The summed E-state index contributed by atoms with van der Waals surface area (Å²) in [7, 11) is 0. The van der Waals surface area contributed by atoms with Crippen LogP contribution in [0, 0.1) is 11.3 Å². The third kappa shape index (κ3) is 10.2. The number of piperazine rings is 1. The minimum atomic E-state index is -4.81. The van der Waals surface area contributed by atoms with Gasteiger partial charge in [0.1, 0.15) is 17.6 Å². The van der Waals surface area contributed by atoms with Crippen molar-refractivity contribution in [1.82, 2.24) is 20.0 Å². The van der Waals surface area contributed by atoms with Crippen molar-refractivity contribution in [3.05, 3.63) is 53.6 Å². The van der Waals surface area contributed by atoms with Crippen molar-refractivity contribution in [2.75, 3.05) is 54.9 Å².